The average molecular weight is 402 g/mol. The fourth-order valence-corrected chi connectivity index (χ4v) is 6.05. The van der Waals surface area contributed by atoms with Crippen molar-refractivity contribution in [3.63, 3.8) is 0 Å². The van der Waals surface area contributed by atoms with E-state index in [9.17, 15) is 9.59 Å². The Morgan fingerprint density at radius 3 is 2.59 bits per heavy atom. The molecule has 0 aromatic carbocycles. The van der Waals surface area contributed by atoms with Gasteiger partial charge in [-0.05, 0) is 51.4 Å². The first-order valence-electron chi connectivity index (χ1n) is 11.4. The lowest BCUT2D eigenvalue weighted by Gasteiger charge is -2.45. The Labute approximate surface area is 176 Å². The summed E-state index contributed by atoms with van der Waals surface area (Å²) in [7, 11) is 1.69. The van der Waals surface area contributed by atoms with Crippen molar-refractivity contribution in [3.05, 3.63) is 23.3 Å². The monoisotopic (exact) mass is 401 g/mol. The molecule has 1 fully saturated rings. The van der Waals surface area contributed by atoms with Crippen LogP contribution >= 0.6 is 0 Å². The summed E-state index contributed by atoms with van der Waals surface area (Å²) in [5.74, 6) is 0.527. The highest BCUT2D eigenvalue weighted by Gasteiger charge is 2.65. The average Bonchev–Trinajstić information content (AvgIpc) is 2.92. The Morgan fingerprint density at radius 2 is 1.93 bits per heavy atom. The third kappa shape index (κ3) is 3.97. The summed E-state index contributed by atoms with van der Waals surface area (Å²) >= 11 is 0. The van der Waals surface area contributed by atoms with Gasteiger partial charge in [-0.15, -0.1) is 0 Å². The van der Waals surface area contributed by atoms with E-state index in [0.29, 0.717) is 12.3 Å². The molecule has 6 atom stereocenters. The lowest BCUT2D eigenvalue weighted by Crippen LogP contribution is -2.53. The van der Waals surface area contributed by atoms with Crippen LogP contribution in [0.3, 0.4) is 0 Å². The van der Waals surface area contributed by atoms with Crippen LogP contribution in [0.15, 0.2) is 23.3 Å². The number of nitrogens with one attached hydrogen (secondary N) is 1. The molecule has 1 heterocycles. The Kier molecular flexibility index (Phi) is 6.72. The molecular formula is C25H39NO3. The van der Waals surface area contributed by atoms with Crippen molar-refractivity contribution < 1.29 is 14.3 Å². The van der Waals surface area contributed by atoms with E-state index in [1.54, 1.807) is 7.11 Å². The number of hydrogen-bond acceptors (Lipinski definition) is 3. The Hall–Kier alpha value is -1.42. The van der Waals surface area contributed by atoms with E-state index >= 15 is 0 Å². The van der Waals surface area contributed by atoms with E-state index in [4.69, 9.17) is 4.74 Å². The maximum absolute atomic E-state index is 14.0. The van der Waals surface area contributed by atoms with Gasteiger partial charge >= 0.3 is 0 Å². The molecule has 1 amide bonds. The summed E-state index contributed by atoms with van der Waals surface area (Å²) < 4.78 is 5.68. The second-order valence-electron chi connectivity index (χ2n) is 10.1. The van der Waals surface area contributed by atoms with Gasteiger partial charge in [-0.1, -0.05) is 50.5 Å². The van der Waals surface area contributed by atoms with Gasteiger partial charge in [0.15, 0.2) is 5.78 Å². The lowest BCUT2D eigenvalue weighted by atomic mass is 9.54. The summed E-state index contributed by atoms with van der Waals surface area (Å²) in [6.07, 6.45) is 9.61. The first-order valence-corrected chi connectivity index (χ1v) is 11.4. The maximum Gasteiger partial charge on any atom is 0.235 e. The number of ether oxygens (including phenoxy) is 1. The zero-order chi connectivity index (χ0) is 21.3. The number of rotatable bonds is 3. The fraction of sp³-hybridized carbons (Fsp3) is 0.760. The number of methoxy groups -OCH3 is 1. The van der Waals surface area contributed by atoms with Crippen LogP contribution in [0.4, 0.5) is 0 Å². The van der Waals surface area contributed by atoms with Crippen molar-refractivity contribution in [2.75, 3.05) is 7.11 Å². The molecule has 2 aliphatic carbocycles. The SMILES string of the molecule is CO[C@H]1CCCC/C(C)=C/[C@H]2C=C(C)[C@@H](C)[C@H]3[C@H](CC(C)C)NC(=O)[C@]32C(=O)C1. The zero-order valence-electron chi connectivity index (χ0n) is 19.1. The van der Waals surface area contributed by atoms with E-state index in [-0.39, 0.29) is 41.6 Å². The van der Waals surface area contributed by atoms with Gasteiger partial charge in [0.05, 0.1) is 6.10 Å². The summed E-state index contributed by atoms with van der Waals surface area (Å²) in [5, 5.41) is 3.28. The quantitative estimate of drug-likeness (QED) is 0.544. The van der Waals surface area contributed by atoms with Crippen molar-refractivity contribution in [1.29, 1.82) is 0 Å². The van der Waals surface area contributed by atoms with Crippen molar-refractivity contribution in [2.45, 2.75) is 85.3 Å². The molecule has 0 bridgehead atoms. The minimum Gasteiger partial charge on any atom is -0.381 e. The first-order chi connectivity index (χ1) is 13.7. The molecule has 4 nitrogen and oxygen atoms in total. The Bertz CT molecular complexity index is 707. The number of hydrogen-bond donors (Lipinski definition) is 1. The van der Waals surface area contributed by atoms with Crippen molar-refractivity contribution in [1.82, 2.24) is 5.32 Å². The van der Waals surface area contributed by atoms with E-state index < -0.39 is 5.41 Å². The summed E-state index contributed by atoms with van der Waals surface area (Å²) in [4.78, 5) is 27.6. The molecule has 0 unspecified atom stereocenters. The largest absolute Gasteiger partial charge is 0.381 e. The molecule has 0 radical (unpaired) electrons. The van der Waals surface area contributed by atoms with Crippen LogP contribution in [0, 0.1) is 29.1 Å². The standard InChI is InChI=1S/C25H39NO3/c1-15(2)11-21-23-18(5)17(4)13-19-12-16(3)9-7-8-10-20(29-6)14-22(27)25(19,23)24(28)26-21/h12-13,15,18-21,23H,7-11,14H2,1-6H3,(H,26,28)/b16-12+/t18-,19+,20+,21+,23+,25-/m1/s1. The predicted octanol–water partition coefficient (Wildman–Crippen LogP) is 4.84. The lowest BCUT2D eigenvalue weighted by molar-refractivity contribution is -0.146. The van der Waals surface area contributed by atoms with E-state index in [0.717, 1.165) is 32.1 Å². The smallest absolute Gasteiger partial charge is 0.235 e. The molecule has 1 N–H and O–H groups in total. The second-order valence-corrected chi connectivity index (χ2v) is 10.1. The van der Waals surface area contributed by atoms with Crippen LogP contribution in [0.25, 0.3) is 0 Å². The third-order valence-electron chi connectivity index (χ3n) is 7.62. The minimum absolute atomic E-state index is 0.00205. The van der Waals surface area contributed by atoms with Crippen LogP contribution in [-0.4, -0.2) is 30.9 Å². The zero-order valence-corrected chi connectivity index (χ0v) is 19.1. The summed E-state index contributed by atoms with van der Waals surface area (Å²) in [6, 6.07) is 0.0485. The number of carbonyl (C=O) groups excluding carboxylic acids is 2. The highest BCUT2D eigenvalue weighted by atomic mass is 16.5. The van der Waals surface area contributed by atoms with Crippen molar-refractivity contribution in [2.24, 2.45) is 29.1 Å². The van der Waals surface area contributed by atoms with Crippen LogP contribution in [0.1, 0.15) is 73.1 Å². The van der Waals surface area contributed by atoms with E-state index in [1.807, 2.05) is 0 Å². The van der Waals surface area contributed by atoms with Crippen LogP contribution in [-0.2, 0) is 14.3 Å². The van der Waals surface area contributed by atoms with Crippen LogP contribution in [0.2, 0.25) is 0 Å². The second kappa shape index (κ2) is 8.75. The molecule has 0 aromatic rings. The molecular weight excluding hydrogens is 362 g/mol. The topological polar surface area (TPSA) is 55.4 Å². The number of amides is 1. The summed E-state index contributed by atoms with van der Waals surface area (Å²) in [5.41, 5.74) is 1.59. The number of carbonyl (C=O) groups is 2. The van der Waals surface area contributed by atoms with Gasteiger partial charge in [0.1, 0.15) is 5.41 Å². The Balaban J connectivity index is 2.16. The number of ketones is 1. The number of Topliss-reactive ketones (excluding diaryl/α,β-unsaturated/α-hetero) is 1. The molecule has 29 heavy (non-hydrogen) atoms. The van der Waals surface area contributed by atoms with Gasteiger partial charge in [-0.3, -0.25) is 9.59 Å². The van der Waals surface area contributed by atoms with E-state index in [2.05, 4.69) is 52.1 Å². The molecule has 4 heteroatoms. The maximum atomic E-state index is 14.0. The van der Waals surface area contributed by atoms with E-state index in [1.165, 1.54) is 11.1 Å². The van der Waals surface area contributed by atoms with Gasteiger partial charge in [0.2, 0.25) is 5.91 Å². The molecule has 0 aromatic heterocycles. The third-order valence-corrected chi connectivity index (χ3v) is 7.62. The highest BCUT2D eigenvalue weighted by Crippen LogP contribution is 2.55. The molecule has 162 valence electrons. The molecule has 1 spiro atoms. The molecule has 0 saturated carbocycles. The van der Waals surface area contributed by atoms with Crippen LogP contribution < -0.4 is 5.32 Å². The highest BCUT2D eigenvalue weighted by molar-refractivity contribution is 6.09. The van der Waals surface area contributed by atoms with Crippen molar-refractivity contribution in [3.8, 4) is 0 Å². The fourth-order valence-electron chi connectivity index (χ4n) is 6.05. The van der Waals surface area contributed by atoms with Crippen LogP contribution in [0.5, 0.6) is 0 Å². The molecule has 3 aliphatic rings. The van der Waals surface area contributed by atoms with Gasteiger partial charge in [-0.25, -0.2) is 0 Å². The van der Waals surface area contributed by atoms with Gasteiger partial charge in [0.25, 0.3) is 0 Å². The van der Waals surface area contributed by atoms with Gasteiger partial charge < -0.3 is 10.1 Å². The molecule has 3 rings (SSSR count). The molecule has 1 saturated heterocycles. The van der Waals surface area contributed by atoms with Gasteiger partial charge in [-0.2, -0.15) is 0 Å². The minimum atomic E-state index is -0.999. The first kappa shape index (κ1) is 22.3. The predicted molar refractivity (Wildman–Crippen MR) is 116 cm³/mol. The molecule has 1 aliphatic heterocycles. The van der Waals surface area contributed by atoms with Crippen molar-refractivity contribution >= 4 is 11.7 Å². The normalized spacial score (nSPS) is 40.3. The van der Waals surface area contributed by atoms with Gasteiger partial charge in [0, 0.05) is 31.4 Å². The summed E-state index contributed by atoms with van der Waals surface area (Å²) in [6.45, 7) is 10.9. The Morgan fingerprint density at radius 1 is 1.21 bits per heavy atom. The number of allylic oxidation sites excluding steroid dienone is 4.